The summed E-state index contributed by atoms with van der Waals surface area (Å²) in [6.45, 7) is 4.86. The van der Waals surface area contributed by atoms with Crippen molar-refractivity contribution in [3.63, 3.8) is 0 Å². The zero-order valence-electron chi connectivity index (χ0n) is 12.6. The largest absolute Gasteiger partial charge is 0.487 e. The molecule has 0 radical (unpaired) electrons. The van der Waals surface area contributed by atoms with E-state index < -0.39 is 0 Å². The van der Waals surface area contributed by atoms with E-state index in [1.807, 2.05) is 6.07 Å². The van der Waals surface area contributed by atoms with Crippen molar-refractivity contribution in [3.05, 3.63) is 29.6 Å². The van der Waals surface area contributed by atoms with Crippen LogP contribution in [0.25, 0.3) is 0 Å². The molecule has 0 unspecified atom stereocenters. The number of nitrogens with one attached hydrogen (secondary N) is 1. The van der Waals surface area contributed by atoms with Crippen molar-refractivity contribution < 1.29 is 9.13 Å². The van der Waals surface area contributed by atoms with Crippen LogP contribution in [0.3, 0.4) is 0 Å². The van der Waals surface area contributed by atoms with E-state index in [0.29, 0.717) is 18.3 Å². The van der Waals surface area contributed by atoms with Gasteiger partial charge < -0.3 is 10.1 Å². The van der Waals surface area contributed by atoms with Crippen LogP contribution in [0.5, 0.6) is 5.75 Å². The van der Waals surface area contributed by atoms with Gasteiger partial charge in [0.1, 0.15) is 0 Å². The monoisotopic (exact) mass is 279 g/mol. The van der Waals surface area contributed by atoms with Gasteiger partial charge in [-0.2, -0.15) is 0 Å². The van der Waals surface area contributed by atoms with E-state index in [2.05, 4.69) is 19.2 Å². The summed E-state index contributed by atoms with van der Waals surface area (Å²) in [5.74, 6) is 0.169. The van der Waals surface area contributed by atoms with Crippen molar-refractivity contribution in [2.45, 2.75) is 71.1 Å². The summed E-state index contributed by atoms with van der Waals surface area (Å²) >= 11 is 0. The van der Waals surface area contributed by atoms with Crippen LogP contribution in [0.4, 0.5) is 4.39 Å². The molecule has 0 amide bonds. The number of rotatable bonds is 5. The second-order valence-electron chi connectivity index (χ2n) is 6.03. The summed E-state index contributed by atoms with van der Waals surface area (Å²) < 4.78 is 19.9. The third-order valence-electron chi connectivity index (χ3n) is 3.81. The first-order chi connectivity index (χ1) is 9.65. The number of hydrogen-bond acceptors (Lipinski definition) is 2. The molecule has 1 aliphatic carbocycles. The van der Waals surface area contributed by atoms with Crippen molar-refractivity contribution in [1.29, 1.82) is 0 Å². The lowest BCUT2D eigenvalue weighted by molar-refractivity contribution is 0.176. The predicted octanol–water partition coefficient (Wildman–Crippen LogP) is 4.43. The van der Waals surface area contributed by atoms with E-state index in [1.54, 1.807) is 12.1 Å². The van der Waals surface area contributed by atoms with Crippen LogP contribution < -0.4 is 10.1 Å². The highest BCUT2D eigenvalue weighted by Gasteiger charge is 2.15. The SMILES string of the molecule is CC(C)NCc1ccc(OC2CCCCCC2)c(F)c1. The molecular weight excluding hydrogens is 253 g/mol. The van der Waals surface area contributed by atoms with Gasteiger partial charge in [-0.15, -0.1) is 0 Å². The van der Waals surface area contributed by atoms with Crippen molar-refractivity contribution in [2.75, 3.05) is 0 Å². The molecule has 1 N–H and O–H groups in total. The minimum atomic E-state index is -0.239. The fourth-order valence-electron chi connectivity index (χ4n) is 2.61. The Bertz CT molecular complexity index is 411. The van der Waals surface area contributed by atoms with E-state index in [-0.39, 0.29) is 11.9 Å². The summed E-state index contributed by atoms with van der Waals surface area (Å²) in [4.78, 5) is 0. The minimum absolute atomic E-state index is 0.187. The molecule has 0 atom stereocenters. The Balaban J connectivity index is 1.94. The maximum atomic E-state index is 14.1. The molecule has 112 valence electrons. The molecule has 0 saturated heterocycles. The Labute approximate surface area is 121 Å². The average Bonchev–Trinajstić information content (AvgIpc) is 2.68. The lowest BCUT2D eigenvalue weighted by Crippen LogP contribution is -2.22. The molecule has 20 heavy (non-hydrogen) atoms. The predicted molar refractivity (Wildman–Crippen MR) is 80.5 cm³/mol. The van der Waals surface area contributed by atoms with Gasteiger partial charge in [0.2, 0.25) is 0 Å². The van der Waals surface area contributed by atoms with Crippen LogP contribution in [-0.4, -0.2) is 12.1 Å². The van der Waals surface area contributed by atoms with Crippen LogP contribution in [0.1, 0.15) is 57.9 Å². The summed E-state index contributed by atoms with van der Waals surface area (Å²) in [6, 6.07) is 5.71. The lowest BCUT2D eigenvalue weighted by Gasteiger charge is -2.18. The second kappa shape index (κ2) is 7.63. The molecule has 0 aromatic heterocycles. The van der Waals surface area contributed by atoms with Gasteiger partial charge in [-0.1, -0.05) is 32.8 Å². The number of benzene rings is 1. The third kappa shape index (κ3) is 4.78. The Hall–Kier alpha value is -1.09. The van der Waals surface area contributed by atoms with Gasteiger partial charge >= 0.3 is 0 Å². The molecule has 2 nitrogen and oxygen atoms in total. The van der Waals surface area contributed by atoms with Crippen molar-refractivity contribution in [3.8, 4) is 5.75 Å². The summed E-state index contributed by atoms with van der Waals surface area (Å²) in [7, 11) is 0. The van der Waals surface area contributed by atoms with Crippen molar-refractivity contribution >= 4 is 0 Å². The first kappa shape index (κ1) is 15.3. The van der Waals surface area contributed by atoms with E-state index in [4.69, 9.17) is 4.74 Å². The molecular formula is C17H26FNO. The van der Waals surface area contributed by atoms with Gasteiger partial charge in [-0.25, -0.2) is 4.39 Å². The topological polar surface area (TPSA) is 21.3 Å². The highest BCUT2D eigenvalue weighted by atomic mass is 19.1. The Morgan fingerprint density at radius 2 is 1.90 bits per heavy atom. The smallest absolute Gasteiger partial charge is 0.165 e. The highest BCUT2D eigenvalue weighted by molar-refractivity contribution is 5.29. The van der Waals surface area contributed by atoms with Gasteiger partial charge in [-0.3, -0.25) is 0 Å². The van der Waals surface area contributed by atoms with E-state index in [0.717, 1.165) is 18.4 Å². The molecule has 0 bridgehead atoms. The molecule has 0 aliphatic heterocycles. The third-order valence-corrected chi connectivity index (χ3v) is 3.81. The van der Waals surface area contributed by atoms with Crippen molar-refractivity contribution in [2.24, 2.45) is 0 Å². The van der Waals surface area contributed by atoms with Gasteiger partial charge in [0, 0.05) is 12.6 Å². The van der Waals surface area contributed by atoms with Crippen molar-refractivity contribution in [1.82, 2.24) is 5.32 Å². The summed E-state index contributed by atoms with van der Waals surface area (Å²) in [5.41, 5.74) is 0.962. The van der Waals surface area contributed by atoms with Gasteiger partial charge in [0.05, 0.1) is 6.10 Å². The zero-order chi connectivity index (χ0) is 14.4. The van der Waals surface area contributed by atoms with Gasteiger partial charge in [-0.05, 0) is 43.4 Å². The molecule has 1 aromatic rings. The van der Waals surface area contributed by atoms with Crippen LogP contribution in [0.15, 0.2) is 18.2 Å². The fraction of sp³-hybridized carbons (Fsp3) is 0.647. The van der Waals surface area contributed by atoms with E-state index >= 15 is 0 Å². The molecule has 2 rings (SSSR count). The molecule has 1 saturated carbocycles. The molecule has 0 heterocycles. The molecule has 1 aromatic carbocycles. The Morgan fingerprint density at radius 3 is 2.50 bits per heavy atom. The van der Waals surface area contributed by atoms with Crippen LogP contribution in [-0.2, 0) is 6.54 Å². The second-order valence-corrected chi connectivity index (χ2v) is 6.03. The minimum Gasteiger partial charge on any atom is -0.487 e. The first-order valence-corrected chi connectivity index (χ1v) is 7.83. The van der Waals surface area contributed by atoms with Crippen LogP contribution >= 0.6 is 0 Å². The maximum Gasteiger partial charge on any atom is 0.165 e. The Morgan fingerprint density at radius 1 is 1.20 bits per heavy atom. The van der Waals surface area contributed by atoms with E-state index in [1.165, 1.54) is 25.7 Å². The standard InChI is InChI=1S/C17H26FNO/c1-13(2)19-12-14-9-10-17(16(18)11-14)20-15-7-5-3-4-6-8-15/h9-11,13,15,19H,3-8,12H2,1-2H3. The van der Waals surface area contributed by atoms with E-state index in [9.17, 15) is 4.39 Å². The first-order valence-electron chi connectivity index (χ1n) is 7.83. The number of hydrogen-bond donors (Lipinski definition) is 1. The van der Waals surface area contributed by atoms with Crippen LogP contribution in [0, 0.1) is 5.82 Å². The molecule has 0 spiro atoms. The summed E-state index contributed by atoms with van der Waals surface area (Å²) in [5, 5.41) is 3.29. The van der Waals surface area contributed by atoms with Crippen LogP contribution in [0.2, 0.25) is 0 Å². The number of ether oxygens (including phenoxy) is 1. The van der Waals surface area contributed by atoms with Gasteiger partial charge in [0.15, 0.2) is 11.6 Å². The van der Waals surface area contributed by atoms with Gasteiger partial charge in [0.25, 0.3) is 0 Å². The average molecular weight is 279 g/mol. The Kier molecular flexibility index (Phi) is 5.84. The zero-order valence-corrected chi connectivity index (χ0v) is 12.6. The molecule has 3 heteroatoms. The summed E-state index contributed by atoms with van der Waals surface area (Å²) in [6.07, 6.45) is 7.24. The normalized spacial score (nSPS) is 17.2. The maximum absolute atomic E-state index is 14.1. The highest BCUT2D eigenvalue weighted by Crippen LogP contribution is 2.25. The molecule has 1 aliphatic rings. The molecule has 1 fully saturated rings. The quantitative estimate of drug-likeness (QED) is 0.805. The lowest BCUT2D eigenvalue weighted by atomic mass is 10.1. The fourth-order valence-corrected chi connectivity index (χ4v) is 2.61. The number of halogens is 1.